The van der Waals surface area contributed by atoms with Gasteiger partial charge in [-0.2, -0.15) is 0 Å². The highest BCUT2D eigenvalue weighted by atomic mass is 16.2. The lowest BCUT2D eigenvalue weighted by atomic mass is 10.0. The van der Waals surface area contributed by atoms with Crippen molar-refractivity contribution in [2.24, 2.45) is 5.92 Å². The minimum Gasteiger partial charge on any atom is -0.357 e. The largest absolute Gasteiger partial charge is 0.357 e. The van der Waals surface area contributed by atoms with Gasteiger partial charge in [0.2, 0.25) is 23.6 Å². The van der Waals surface area contributed by atoms with E-state index in [1.54, 1.807) is 6.92 Å². The molecule has 2 rings (SSSR count). The molecular weight excluding hydrogens is 456 g/mol. The van der Waals surface area contributed by atoms with Gasteiger partial charge in [-0.1, -0.05) is 62.1 Å². The smallest absolute Gasteiger partial charge is 0.243 e. The molecule has 0 heterocycles. The molecular formula is C28H34N4O4. The van der Waals surface area contributed by atoms with Crippen LogP contribution < -0.4 is 21.3 Å². The summed E-state index contributed by atoms with van der Waals surface area (Å²) in [5, 5.41) is 10.8. The highest BCUT2D eigenvalue weighted by Gasteiger charge is 2.22. The van der Waals surface area contributed by atoms with Crippen molar-refractivity contribution in [3.63, 3.8) is 0 Å². The maximum atomic E-state index is 12.6. The Balaban J connectivity index is 2.16. The minimum absolute atomic E-state index is 0.0584. The third-order valence-corrected chi connectivity index (χ3v) is 5.50. The molecule has 36 heavy (non-hydrogen) atoms. The van der Waals surface area contributed by atoms with E-state index in [9.17, 15) is 19.2 Å². The van der Waals surface area contributed by atoms with Crippen molar-refractivity contribution in [3.8, 4) is 11.8 Å². The van der Waals surface area contributed by atoms with Crippen molar-refractivity contribution in [2.75, 3.05) is 7.05 Å². The van der Waals surface area contributed by atoms with Gasteiger partial charge in [0, 0.05) is 31.6 Å². The number of rotatable bonds is 9. The summed E-state index contributed by atoms with van der Waals surface area (Å²) < 4.78 is 0. The molecule has 2 atom stereocenters. The zero-order valence-electron chi connectivity index (χ0n) is 21.4. The summed E-state index contributed by atoms with van der Waals surface area (Å²) in [5.41, 5.74) is 3.02. The average molecular weight is 491 g/mol. The van der Waals surface area contributed by atoms with Crippen LogP contribution in [0.15, 0.2) is 48.5 Å². The van der Waals surface area contributed by atoms with Crippen molar-refractivity contribution in [2.45, 2.75) is 52.7 Å². The maximum Gasteiger partial charge on any atom is 0.243 e. The first-order valence-electron chi connectivity index (χ1n) is 11.9. The van der Waals surface area contributed by atoms with Gasteiger partial charge in [0.05, 0.1) is 6.42 Å². The quantitative estimate of drug-likeness (QED) is 0.400. The predicted octanol–water partition coefficient (Wildman–Crippen LogP) is 1.66. The maximum absolute atomic E-state index is 12.6. The van der Waals surface area contributed by atoms with E-state index in [1.165, 1.54) is 14.0 Å². The fraction of sp³-hybridized carbons (Fsp3) is 0.357. The summed E-state index contributed by atoms with van der Waals surface area (Å²) >= 11 is 0. The van der Waals surface area contributed by atoms with Crippen LogP contribution in [0.2, 0.25) is 0 Å². The van der Waals surface area contributed by atoms with Crippen LogP contribution in [0.4, 0.5) is 0 Å². The lowest BCUT2D eigenvalue weighted by Gasteiger charge is -2.21. The molecule has 0 spiro atoms. The molecule has 0 unspecified atom stereocenters. The Morgan fingerprint density at radius 3 is 1.92 bits per heavy atom. The van der Waals surface area contributed by atoms with Crippen molar-refractivity contribution >= 4 is 23.6 Å². The third-order valence-electron chi connectivity index (χ3n) is 5.50. The first kappa shape index (κ1) is 28.1. The zero-order chi connectivity index (χ0) is 26.7. The number of hydrogen-bond donors (Lipinski definition) is 4. The van der Waals surface area contributed by atoms with Gasteiger partial charge in [0.1, 0.15) is 12.1 Å². The number of hydrogen-bond acceptors (Lipinski definition) is 4. The molecule has 0 aromatic heterocycles. The van der Waals surface area contributed by atoms with Crippen LogP contribution in [0.1, 0.15) is 49.9 Å². The Kier molecular flexibility index (Phi) is 10.7. The first-order chi connectivity index (χ1) is 17.1. The summed E-state index contributed by atoms with van der Waals surface area (Å²) in [4.78, 5) is 48.2. The predicted molar refractivity (Wildman–Crippen MR) is 139 cm³/mol. The molecule has 2 aromatic carbocycles. The molecule has 190 valence electrons. The topological polar surface area (TPSA) is 116 Å². The van der Waals surface area contributed by atoms with Crippen LogP contribution in [-0.2, 0) is 32.1 Å². The fourth-order valence-corrected chi connectivity index (χ4v) is 3.52. The van der Waals surface area contributed by atoms with Gasteiger partial charge in [0.15, 0.2) is 0 Å². The van der Waals surface area contributed by atoms with Crippen LogP contribution in [-0.4, -0.2) is 42.8 Å². The van der Waals surface area contributed by atoms with Gasteiger partial charge in [-0.25, -0.2) is 0 Å². The second-order valence-electron chi connectivity index (χ2n) is 8.78. The van der Waals surface area contributed by atoms with E-state index in [0.29, 0.717) is 5.56 Å². The van der Waals surface area contributed by atoms with E-state index in [0.717, 1.165) is 16.7 Å². The van der Waals surface area contributed by atoms with Crippen molar-refractivity contribution in [1.29, 1.82) is 0 Å². The van der Waals surface area contributed by atoms with Gasteiger partial charge >= 0.3 is 0 Å². The van der Waals surface area contributed by atoms with Gasteiger partial charge < -0.3 is 21.3 Å². The monoisotopic (exact) mass is 490 g/mol. The molecule has 0 saturated carbocycles. The molecule has 8 heteroatoms. The first-order valence-corrected chi connectivity index (χ1v) is 11.9. The number of carbonyl (C=O) groups is 4. The number of nitrogens with one attached hydrogen (secondary N) is 4. The van der Waals surface area contributed by atoms with Crippen LogP contribution in [0, 0.1) is 17.8 Å². The van der Waals surface area contributed by atoms with Crippen molar-refractivity contribution in [1.82, 2.24) is 21.3 Å². The molecule has 8 nitrogen and oxygen atoms in total. The van der Waals surface area contributed by atoms with E-state index in [4.69, 9.17) is 0 Å². The summed E-state index contributed by atoms with van der Waals surface area (Å²) in [5.74, 6) is 5.17. The lowest BCUT2D eigenvalue weighted by Crippen LogP contribution is -2.48. The normalized spacial score (nSPS) is 11.9. The SMILES string of the molecule is CNC(=O)[C@H](C)NC(=O)Cc1ccccc1C#Cc1ccccc1CNC(=O)[C@@H](NC(C)=O)C(C)C. The lowest BCUT2D eigenvalue weighted by molar-refractivity contribution is -0.129. The Morgan fingerprint density at radius 2 is 1.36 bits per heavy atom. The van der Waals surface area contributed by atoms with Crippen molar-refractivity contribution < 1.29 is 19.2 Å². The Hall–Kier alpha value is -4.12. The summed E-state index contributed by atoms with van der Waals surface area (Å²) in [6.07, 6.45) is 0.0869. The Morgan fingerprint density at radius 1 is 0.806 bits per heavy atom. The fourth-order valence-electron chi connectivity index (χ4n) is 3.52. The van der Waals surface area contributed by atoms with Gasteiger partial charge in [-0.15, -0.1) is 0 Å². The van der Waals surface area contributed by atoms with E-state index < -0.39 is 12.1 Å². The Labute approximate surface area is 212 Å². The molecule has 0 radical (unpaired) electrons. The van der Waals surface area contributed by atoms with Crippen LogP contribution in [0.25, 0.3) is 0 Å². The van der Waals surface area contributed by atoms with Gasteiger partial charge in [0.25, 0.3) is 0 Å². The Bertz CT molecular complexity index is 1160. The molecule has 2 aromatic rings. The van der Waals surface area contributed by atoms with E-state index in [1.807, 2.05) is 62.4 Å². The highest BCUT2D eigenvalue weighted by molar-refractivity contribution is 5.88. The number of likely N-dealkylation sites (N-methyl/N-ethyl adjacent to an activating group) is 1. The molecule has 0 saturated heterocycles. The number of carbonyl (C=O) groups excluding carboxylic acids is 4. The minimum atomic E-state index is -0.635. The second-order valence-corrected chi connectivity index (χ2v) is 8.78. The van der Waals surface area contributed by atoms with E-state index in [-0.39, 0.29) is 42.5 Å². The van der Waals surface area contributed by atoms with Gasteiger partial charge in [-0.05, 0) is 36.1 Å². The van der Waals surface area contributed by atoms with Gasteiger partial charge in [-0.3, -0.25) is 19.2 Å². The van der Waals surface area contributed by atoms with Crippen molar-refractivity contribution in [3.05, 3.63) is 70.8 Å². The number of benzene rings is 2. The van der Waals surface area contributed by atoms with Crippen LogP contribution in [0.5, 0.6) is 0 Å². The number of amides is 4. The molecule has 0 fully saturated rings. The molecule has 4 amide bonds. The molecule has 4 N–H and O–H groups in total. The summed E-state index contributed by atoms with van der Waals surface area (Å²) in [6.45, 7) is 7.01. The summed E-state index contributed by atoms with van der Waals surface area (Å²) in [7, 11) is 1.52. The molecule has 0 bridgehead atoms. The molecule has 0 aliphatic rings. The van der Waals surface area contributed by atoms with E-state index >= 15 is 0 Å². The van der Waals surface area contributed by atoms with E-state index in [2.05, 4.69) is 33.1 Å². The highest BCUT2D eigenvalue weighted by Crippen LogP contribution is 2.12. The molecule has 0 aliphatic carbocycles. The zero-order valence-corrected chi connectivity index (χ0v) is 21.4. The molecule has 0 aliphatic heterocycles. The van der Waals surface area contributed by atoms with Crippen LogP contribution >= 0.6 is 0 Å². The third kappa shape index (κ3) is 8.58. The second kappa shape index (κ2) is 13.7. The summed E-state index contributed by atoms with van der Waals surface area (Å²) in [6, 6.07) is 13.6. The standard InChI is InChI=1S/C28H34N4O4/c1-18(2)26(32-20(4)33)28(36)30-17-24-13-9-7-11-22(24)15-14-21-10-6-8-12-23(21)16-25(34)31-19(3)27(35)29-5/h6-13,18-19,26H,16-17H2,1-5H3,(H,29,35)(H,30,36)(H,31,34)(H,32,33)/t19-,26-/m0/s1. The van der Waals surface area contributed by atoms with Crippen LogP contribution in [0.3, 0.4) is 0 Å². The average Bonchev–Trinajstić information content (AvgIpc) is 2.84.